The van der Waals surface area contributed by atoms with Gasteiger partial charge < -0.3 is 5.32 Å². The Labute approximate surface area is 130 Å². The molecule has 0 atom stereocenters. The highest BCUT2D eigenvalue weighted by molar-refractivity contribution is 7.91. The van der Waals surface area contributed by atoms with Crippen LogP contribution in [0.3, 0.4) is 0 Å². The quantitative estimate of drug-likeness (QED) is 0.911. The molecule has 1 aromatic carbocycles. The molecule has 0 spiro atoms. The normalized spacial score (nSPS) is 11.4. The summed E-state index contributed by atoms with van der Waals surface area (Å²) < 4.78 is 25.9. The van der Waals surface area contributed by atoms with Crippen molar-refractivity contribution in [3.05, 3.63) is 41.6 Å². The van der Waals surface area contributed by atoms with Crippen LogP contribution in [0.2, 0.25) is 0 Å². The van der Waals surface area contributed by atoms with Crippen molar-refractivity contribution >= 4 is 21.6 Å². The van der Waals surface area contributed by atoms with Gasteiger partial charge >= 0.3 is 0 Å². The van der Waals surface area contributed by atoms with Gasteiger partial charge in [0.1, 0.15) is 5.82 Å². The highest BCUT2D eigenvalue weighted by Crippen LogP contribution is 2.14. The summed E-state index contributed by atoms with van der Waals surface area (Å²) >= 11 is 0. The number of hydrogen-bond donors (Lipinski definition) is 1. The highest BCUT2D eigenvalue weighted by atomic mass is 32.2. The number of anilines is 1. The number of benzene rings is 1. The van der Waals surface area contributed by atoms with Crippen molar-refractivity contribution in [2.24, 2.45) is 7.05 Å². The summed E-state index contributed by atoms with van der Waals surface area (Å²) in [5, 5.41) is 6.77. The number of nitrogens with one attached hydrogen (secondary N) is 1. The number of carbonyl (C=O) groups excluding carboxylic acids is 1. The van der Waals surface area contributed by atoms with Crippen LogP contribution in [0.1, 0.15) is 17.7 Å². The Kier molecular flexibility index (Phi) is 4.65. The molecule has 0 saturated carbocycles. The molecule has 0 fully saturated rings. The van der Waals surface area contributed by atoms with Crippen LogP contribution < -0.4 is 5.32 Å². The molecule has 0 aliphatic rings. The lowest BCUT2D eigenvalue weighted by Crippen LogP contribution is -2.18. The van der Waals surface area contributed by atoms with Gasteiger partial charge in [0.15, 0.2) is 9.84 Å². The standard InChI is InChI=1S/C15H19N3O3S/c1-11-4-6-13(7-5-11)22(20,21)9-8-15(19)16-14-10-12(2)17-18(14)3/h4-7,10H,8-9H2,1-3H3,(H,16,19). The first-order valence-electron chi connectivity index (χ1n) is 6.88. The van der Waals surface area contributed by atoms with Crippen LogP contribution in [-0.2, 0) is 21.7 Å². The SMILES string of the molecule is Cc1ccc(S(=O)(=O)CCC(=O)Nc2cc(C)nn2C)cc1. The molecule has 0 unspecified atom stereocenters. The summed E-state index contributed by atoms with van der Waals surface area (Å²) in [6.45, 7) is 3.71. The van der Waals surface area contributed by atoms with Crippen molar-refractivity contribution in [3.8, 4) is 0 Å². The fourth-order valence-electron chi connectivity index (χ4n) is 2.02. The van der Waals surface area contributed by atoms with Crippen LogP contribution in [0.15, 0.2) is 35.2 Å². The van der Waals surface area contributed by atoms with E-state index in [1.165, 1.54) is 0 Å². The third kappa shape index (κ3) is 3.94. The smallest absolute Gasteiger partial charge is 0.226 e. The molecule has 1 heterocycles. The molecular weight excluding hydrogens is 302 g/mol. The molecule has 7 heteroatoms. The van der Waals surface area contributed by atoms with Gasteiger partial charge in [-0.2, -0.15) is 5.10 Å². The second-order valence-corrected chi connectivity index (χ2v) is 7.33. The van der Waals surface area contributed by atoms with Crippen molar-refractivity contribution in [1.29, 1.82) is 0 Å². The molecular formula is C15H19N3O3S. The average Bonchev–Trinajstić information content (AvgIpc) is 2.75. The lowest BCUT2D eigenvalue weighted by molar-refractivity contribution is -0.115. The number of aryl methyl sites for hydroxylation is 3. The Bertz CT molecular complexity index is 777. The van der Waals surface area contributed by atoms with Gasteiger partial charge in [-0.3, -0.25) is 9.48 Å². The number of hydrogen-bond acceptors (Lipinski definition) is 4. The van der Waals surface area contributed by atoms with E-state index < -0.39 is 9.84 Å². The van der Waals surface area contributed by atoms with Crippen molar-refractivity contribution in [2.45, 2.75) is 25.2 Å². The molecule has 2 rings (SSSR count). The Hall–Kier alpha value is -2.15. The topological polar surface area (TPSA) is 81.1 Å². The van der Waals surface area contributed by atoms with Gasteiger partial charge in [-0.05, 0) is 26.0 Å². The van der Waals surface area contributed by atoms with Crippen LogP contribution in [0, 0.1) is 13.8 Å². The zero-order valence-electron chi connectivity index (χ0n) is 12.8. The van der Waals surface area contributed by atoms with Crippen molar-refractivity contribution in [2.75, 3.05) is 11.1 Å². The van der Waals surface area contributed by atoms with Crippen LogP contribution in [0.25, 0.3) is 0 Å². The van der Waals surface area contributed by atoms with Gasteiger partial charge in [0.05, 0.1) is 16.3 Å². The van der Waals surface area contributed by atoms with Crippen molar-refractivity contribution in [1.82, 2.24) is 9.78 Å². The zero-order valence-corrected chi connectivity index (χ0v) is 13.6. The Morgan fingerprint density at radius 3 is 2.41 bits per heavy atom. The minimum absolute atomic E-state index is 0.0968. The zero-order chi connectivity index (χ0) is 16.3. The van der Waals surface area contributed by atoms with Gasteiger partial charge in [0.2, 0.25) is 5.91 Å². The van der Waals surface area contributed by atoms with E-state index in [9.17, 15) is 13.2 Å². The predicted octanol–water partition coefficient (Wildman–Crippen LogP) is 1.84. The van der Waals surface area contributed by atoms with E-state index in [0.29, 0.717) is 5.82 Å². The fraction of sp³-hybridized carbons (Fsp3) is 0.333. The number of carbonyl (C=O) groups is 1. The van der Waals surface area contributed by atoms with E-state index in [4.69, 9.17) is 0 Å². The Balaban J connectivity index is 1.98. The molecule has 0 aliphatic carbocycles. The Morgan fingerprint density at radius 1 is 1.23 bits per heavy atom. The predicted molar refractivity (Wildman–Crippen MR) is 84.4 cm³/mol. The second-order valence-electron chi connectivity index (χ2n) is 5.22. The number of aromatic nitrogens is 2. The molecule has 0 bridgehead atoms. The average molecular weight is 321 g/mol. The van der Waals surface area contributed by atoms with E-state index >= 15 is 0 Å². The highest BCUT2D eigenvalue weighted by Gasteiger charge is 2.17. The molecule has 0 aliphatic heterocycles. The van der Waals surface area contributed by atoms with E-state index in [-0.39, 0.29) is 23.0 Å². The molecule has 2 aromatic rings. The van der Waals surface area contributed by atoms with Gasteiger partial charge in [-0.15, -0.1) is 0 Å². The van der Waals surface area contributed by atoms with Gasteiger partial charge in [-0.25, -0.2) is 8.42 Å². The number of nitrogens with zero attached hydrogens (tertiary/aromatic N) is 2. The van der Waals surface area contributed by atoms with Crippen molar-refractivity contribution < 1.29 is 13.2 Å². The van der Waals surface area contributed by atoms with Crippen LogP contribution in [0.5, 0.6) is 0 Å². The van der Waals surface area contributed by atoms with Crippen LogP contribution >= 0.6 is 0 Å². The summed E-state index contributed by atoms with van der Waals surface area (Å²) in [4.78, 5) is 12.1. The molecule has 118 valence electrons. The first-order valence-corrected chi connectivity index (χ1v) is 8.53. The van der Waals surface area contributed by atoms with E-state index in [1.54, 1.807) is 42.1 Å². The first-order chi connectivity index (χ1) is 10.3. The summed E-state index contributed by atoms with van der Waals surface area (Å²) in [7, 11) is -1.74. The maximum atomic E-state index is 12.2. The summed E-state index contributed by atoms with van der Waals surface area (Å²) in [6.07, 6.45) is -0.0968. The van der Waals surface area contributed by atoms with Crippen molar-refractivity contribution in [3.63, 3.8) is 0 Å². The number of amides is 1. The third-order valence-electron chi connectivity index (χ3n) is 3.25. The first kappa shape index (κ1) is 16.2. The lowest BCUT2D eigenvalue weighted by Gasteiger charge is -2.06. The Morgan fingerprint density at radius 2 is 1.86 bits per heavy atom. The summed E-state index contributed by atoms with van der Waals surface area (Å²) in [6, 6.07) is 8.34. The summed E-state index contributed by atoms with van der Waals surface area (Å²) in [5.41, 5.74) is 1.77. The lowest BCUT2D eigenvalue weighted by atomic mass is 10.2. The van der Waals surface area contributed by atoms with Gasteiger partial charge in [0.25, 0.3) is 0 Å². The van der Waals surface area contributed by atoms with E-state index in [1.807, 2.05) is 13.8 Å². The molecule has 22 heavy (non-hydrogen) atoms. The summed E-state index contributed by atoms with van der Waals surface area (Å²) in [5.74, 6) is -0.0208. The van der Waals surface area contributed by atoms with Gasteiger partial charge in [-0.1, -0.05) is 17.7 Å². The third-order valence-corrected chi connectivity index (χ3v) is 4.98. The number of sulfone groups is 1. The second kappa shape index (κ2) is 6.31. The molecule has 1 aromatic heterocycles. The van der Waals surface area contributed by atoms with Gasteiger partial charge in [0, 0.05) is 19.5 Å². The minimum atomic E-state index is -3.45. The minimum Gasteiger partial charge on any atom is -0.311 e. The number of rotatable bonds is 5. The van der Waals surface area contributed by atoms with E-state index in [0.717, 1.165) is 11.3 Å². The largest absolute Gasteiger partial charge is 0.311 e. The molecule has 0 saturated heterocycles. The molecule has 1 amide bonds. The monoisotopic (exact) mass is 321 g/mol. The van der Waals surface area contributed by atoms with Crippen LogP contribution in [-0.4, -0.2) is 29.9 Å². The molecule has 0 radical (unpaired) electrons. The molecule has 6 nitrogen and oxygen atoms in total. The van der Waals surface area contributed by atoms with Crippen LogP contribution in [0.4, 0.5) is 5.82 Å². The fourth-order valence-corrected chi connectivity index (χ4v) is 3.26. The molecule has 1 N–H and O–H groups in total. The van der Waals surface area contributed by atoms with E-state index in [2.05, 4.69) is 10.4 Å². The maximum Gasteiger partial charge on any atom is 0.226 e. The maximum absolute atomic E-state index is 12.2.